The number of nitrogens with zero attached hydrogens (tertiary/aromatic N) is 2. The van der Waals surface area contributed by atoms with Crippen molar-refractivity contribution in [2.75, 3.05) is 20.2 Å². The topological polar surface area (TPSA) is 55.6 Å². The molecule has 1 aromatic heterocycles. The van der Waals surface area contributed by atoms with Crippen molar-refractivity contribution < 1.29 is 14.1 Å². The summed E-state index contributed by atoms with van der Waals surface area (Å²) in [6.07, 6.45) is 5.06. The zero-order chi connectivity index (χ0) is 16.8. The molecule has 5 heteroatoms. The molecule has 1 aliphatic rings. The Morgan fingerprint density at radius 2 is 2.08 bits per heavy atom. The number of ether oxygens (including phenoxy) is 1. The van der Waals surface area contributed by atoms with Crippen LogP contribution in [0.25, 0.3) is 0 Å². The van der Waals surface area contributed by atoms with Crippen molar-refractivity contribution >= 4 is 5.91 Å². The van der Waals surface area contributed by atoms with E-state index in [0.717, 1.165) is 38.0 Å². The van der Waals surface area contributed by atoms with E-state index in [2.05, 4.69) is 17.3 Å². The van der Waals surface area contributed by atoms with Crippen molar-refractivity contribution in [1.82, 2.24) is 10.1 Å². The van der Waals surface area contributed by atoms with Gasteiger partial charge in [-0.05, 0) is 37.7 Å². The summed E-state index contributed by atoms with van der Waals surface area (Å²) in [5.74, 6) is 0.166. The largest absolute Gasteiger partial charge is 0.376 e. The Morgan fingerprint density at radius 1 is 1.25 bits per heavy atom. The van der Waals surface area contributed by atoms with Crippen LogP contribution in [0.15, 0.2) is 40.9 Å². The van der Waals surface area contributed by atoms with Crippen LogP contribution in [0, 0.1) is 0 Å². The van der Waals surface area contributed by atoms with Gasteiger partial charge in [-0.25, -0.2) is 0 Å². The van der Waals surface area contributed by atoms with E-state index in [1.165, 1.54) is 12.0 Å². The molecule has 1 aromatic carbocycles. The lowest BCUT2D eigenvalue weighted by Crippen LogP contribution is -2.37. The summed E-state index contributed by atoms with van der Waals surface area (Å²) in [5, 5.41) is 4.03. The van der Waals surface area contributed by atoms with Gasteiger partial charge in [-0.15, -0.1) is 0 Å². The lowest BCUT2D eigenvalue weighted by molar-refractivity contribution is -0.000848. The maximum atomic E-state index is 12.4. The van der Waals surface area contributed by atoms with Gasteiger partial charge in [-0.2, -0.15) is 0 Å². The molecule has 1 amide bonds. The summed E-state index contributed by atoms with van der Waals surface area (Å²) in [6.45, 7) is 1.39. The number of likely N-dealkylation sites (N-methyl/N-ethyl adjacent to an activating group) is 1. The van der Waals surface area contributed by atoms with Gasteiger partial charge in [0.15, 0.2) is 0 Å². The minimum Gasteiger partial charge on any atom is -0.376 e. The van der Waals surface area contributed by atoms with E-state index in [0.29, 0.717) is 12.3 Å². The maximum Gasteiger partial charge on any atom is 0.292 e. The van der Waals surface area contributed by atoms with E-state index in [9.17, 15) is 4.79 Å². The SMILES string of the molecule is CN(CC1CCCCO1)C(=O)c1cc(CCc2ccccc2)no1. The third-order valence-corrected chi connectivity index (χ3v) is 4.38. The molecule has 0 bridgehead atoms. The van der Waals surface area contributed by atoms with Crippen LogP contribution in [0.4, 0.5) is 0 Å². The molecule has 2 aromatic rings. The number of carbonyl (C=O) groups is 1. The second-order valence-electron chi connectivity index (χ2n) is 6.34. The molecule has 1 atom stereocenters. The van der Waals surface area contributed by atoms with Crippen molar-refractivity contribution in [2.45, 2.75) is 38.2 Å². The van der Waals surface area contributed by atoms with E-state index >= 15 is 0 Å². The predicted molar refractivity (Wildman–Crippen MR) is 90.9 cm³/mol. The molecule has 0 aliphatic carbocycles. The van der Waals surface area contributed by atoms with Gasteiger partial charge < -0.3 is 14.2 Å². The molecule has 128 valence electrons. The lowest BCUT2D eigenvalue weighted by atomic mass is 10.1. The molecule has 1 fully saturated rings. The van der Waals surface area contributed by atoms with Crippen molar-refractivity contribution in [2.24, 2.45) is 0 Å². The summed E-state index contributed by atoms with van der Waals surface area (Å²) in [4.78, 5) is 14.1. The fraction of sp³-hybridized carbons (Fsp3) is 0.474. The fourth-order valence-corrected chi connectivity index (χ4v) is 2.98. The normalized spacial score (nSPS) is 17.6. The number of hydrogen-bond donors (Lipinski definition) is 0. The molecule has 0 saturated carbocycles. The van der Waals surface area contributed by atoms with Gasteiger partial charge in [0.05, 0.1) is 11.8 Å². The van der Waals surface area contributed by atoms with Crippen LogP contribution < -0.4 is 0 Å². The van der Waals surface area contributed by atoms with E-state index in [1.807, 2.05) is 18.2 Å². The highest BCUT2D eigenvalue weighted by atomic mass is 16.5. The molecule has 0 radical (unpaired) electrons. The standard InChI is InChI=1S/C19H24N2O3/c1-21(14-17-9-5-6-12-23-17)19(22)18-13-16(20-24-18)11-10-15-7-3-2-4-8-15/h2-4,7-8,13,17H,5-6,9-12,14H2,1H3. The molecule has 5 nitrogen and oxygen atoms in total. The highest BCUT2D eigenvalue weighted by Crippen LogP contribution is 2.15. The summed E-state index contributed by atoms with van der Waals surface area (Å²) in [5.41, 5.74) is 2.06. The van der Waals surface area contributed by atoms with Crippen LogP contribution in [0.5, 0.6) is 0 Å². The van der Waals surface area contributed by atoms with Crippen LogP contribution in [-0.4, -0.2) is 42.3 Å². The Morgan fingerprint density at radius 3 is 2.83 bits per heavy atom. The first-order chi connectivity index (χ1) is 11.7. The average Bonchev–Trinajstić information content (AvgIpc) is 3.10. The fourth-order valence-electron chi connectivity index (χ4n) is 2.98. The molecular weight excluding hydrogens is 304 g/mol. The summed E-state index contributed by atoms with van der Waals surface area (Å²) < 4.78 is 10.9. The van der Waals surface area contributed by atoms with Crippen LogP contribution in [0.3, 0.4) is 0 Å². The number of amides is 1. The molecule has 1 aliphatic heterocycles. The predicted octanol–water partition coefficient (Wildman–Crippen LogP) is 3.10. The Bertz CT molecular complexity index is 648. The van der Waals surface area contributed by atoms with E-state index in [1.54, 1.807) is 18.0 Å². The van der Waals surface area contributed by atoms with Gasteiger partial charge in [-0.3, -0.25) is 4.79 Å². The van der Waals surface area contributed by atoms with Gasteiger partial charge in [0.1, 0.15) is 0 Å². The van der Waals surface area contributed by atoms with Crippen LogP contribution in [-0.2, 0) is 17.6 Å². The van der Waals surface area contributed by atoms with Crippen molar-refractivity contribution in [3.8, 4) is 0 Å². The van der Waals surface area contributed by atoms with Crippen LogP contribution in [0.1, 0.15) is 41.1 Å². The van der Waals surface area contributed by atoms with Gasteiger partial charge in [0, 0.05) is 26.3 Å². The number of aromatic nitrogens is 1. The number of carbonyl (C=O) groups excluding carboxylic acids is 1. The van der Waals surface area contributed by atoms with E-state index in [4.69, 9.17) is 9.26 Å². The van der Waals surface area contributed by atoms with Crippen LogP contribution >= 0.6 is 0 Å². The molecule has 1 saturated heterocycles. The molecule has 0 N–H and O–H groups in total. The highest BCUT2D eigenvalue weighted by Gasteiger charge is 2.22. The first-order valence-corrected chi connectivity index (χ1v) is 8.59. The average molecular weight is 328 g/mol. The number of aryl methyl sites for hydroxylation is 2. The van der Waals surface area contributed by atoms with Crippen molar-refractivity contribution in [3.63, 3.8) is 0 Å². The lowest BCUT2D eigenvalue weighted by Gasteiger charge is -2.26. The monoisotopic (exact) mass is 328 g/mol. The Hall–Kier alpha value is -2.14. The second-order valence-corrected chi connectivity index (χ2v) is 6.34. The van der Waals surface area contributed by atoms with Crippen LogP contribution in [0.2, 0.25) is 0 Å². The van der Waals surface area contributed by atoms with E-state index < -0.39 is 0 Å². The third-order valence-electron chi connectivity index (χ3n) is 4.38. The highest BCUT2D eigenvalue weighted by molar-refractivity contribution is 5.91. The zero-order valence-corrected chi connectivity index (χ0v) is 14.1. The number of rotatable bonds is 6. The molecule has 3 rings (SSSR count). The molecule has 2 heterocycles. The van der Waals surface area contributed by atoms with Gasteiger partial charge >= 0.3 is 0 Å². The zero-order valence-electron chi connectivity index (χ0n) is 14.1. The molecular formula is C19H24N2O3. The summed E-state index contributed by atoms with van der Waals surface area (Å²) >= 11 is 0. The van der Waals surface area contributed by atoms with Gasteiger partial charge in [0.25, 0.3) is 5.91 Å². The maximum absolute atomic E-state index is 12.4. The first-order valence-electron chi connectivity index (χ1n) is 8.59. The van der Waals surface area contributed by atoms with Gasteiger partial charge in [0.2, 0.25) is 5.76 Å². The second kappa shape index (κ2) is 8.11. The first kappa shape index (κ1) is 16.7. The van der Waals surface area contributed by atoms with Crippen molar-refractivity contribution in [3.05, 3.63) is 53.4 Å². The molecule has 24 heavy (non-hydrogen) atoms. The summed E-state index contributed by atoms with van der Waals surface area (Å²) in [6, 6.07) is 12.0. The minimum atomic E-state index is -0.136. The Labute approximate surface area is 142 Å². The smallest absolute Gasteiger partial charge is 0.292 e. The minimum absolute atomic E-state index is 0.133. The van der Waals surface area contributed by atoms with Gasteiger partial charge in [-0.1, -0.05) is 35.5 Å². The summed E-state index contributed by atoms with van der Waals surface area (Å²) in [7, 11) is 1.78. The third kappa shape index (κ3) is 4.45. The molecule has 1 unspecified atom stereocenters. The number of benzene rings is 1. The molecule has 0 spiro atoms. The quantitative estimate of drug-likeness (QED) is 0.817. The Balaban J connectivity index is 1.52. The van der Waals surface area contributed by atoms with Crippen molar-refractivity contribution in [1.29, 1.82) is 0 Å². The van der Waals surface area contributed by atoms with E-state index in [-0.39, 0.29) is 12.0 Å². The Kier molecular flexibility index (Phi) is 5.64. The number of hydrogen-bond acceptors (Lipinski definition) is 4.